The smallest absolute Gasteiger partial charge is 0.227 e. The standard InChI is InChI=1S/C15H22N2O2.ClH/c16-11-15(6-1-2-7-15)14(19)17-9-12-4-3-5-13(8-12)10-18;/h3-5,8,18H,1-2,6-7,9-11,16H2,(H,17,19);1H. The first-order chi connectivity index (χ1) is 9.20. The Labute approximate surface area is 126 Å². The predicted molar refractivity (Wildman–Crippen MR) is 81.4 cm³/mol. The van der Waals surface area contributed by atoms with Crippen LogP contribution in [0.1, 0.15) is 36.8 Å². The Morgan fingerprint density at radius 1 is 1.30 bits per heavy atom. The number of amides is 1. The van der Waals surface area contributed by atoms with Crippen LogP contribution in [0.3, 0.4) is 0 Å². The van der Waals surface area contributed by atoms with E-state index in [1.165, 1.54) is 0 Å². The second-order valence-corrected chi connectivity index (χ2v) is 5.35. The van der Waals surface area contributed by atoms with Gasteiger partial charge < -0.3 is 16.2 Å². The van der Waals surface area contributed by atoms with E-state index in [9.17, 15) is 4.79 Å². The number of nitrogens with two attached hydrogens (primary N) is 1. The molecule has 1 amide bonds. The maximum atomic E-state index is 12.3. The first-order valence-electron chi connectivity index (χ1n) is 6.87. The van der Waals surface area contributed by atoms with E-state index in [0.717, 1.165) is 36.8 Å². The van der Waals surface area contributed by atoms with Gasteiger partial charge in [0.1, 0.15) is 0 Å². The van der Waals surface area contributed by atoms with E-state index in [0.29, 0.717) is 13.1 Å². The van der Waals surface area contributed by atoms with Crippen molar-refractivity contribution >= 4 is 18.3 Å². The van der Waals surface area contributed by atoms with Crippen LogP contribution in [-0.4, -0.2) is 17.6 Å². The second kappa shape index (κ2) is 7.62. The Morgan fingerprint density at radius 2 is 1.95 bits per heavy atom. The van der Waals surface area contributed by atoms with Crippen molar-refractivity contribution in [2.45, 2.75) is 38.8 Å². The zero-order valence-electron chi connectivity index (χ0n) is 11.6. The number of hydrogen-bond acceptors (Lipinski definition) is 3. The van der Waals surface area contributed by atoms with Gasteiger partial charge in [-0.2, -0.15) is 0 Å². The lowest BCUT2D eigenvalue weighted by Crippen LogP contribution is -2.43. The normalized spacial score (nSPS) is 16.5. The molecule has 1 aromatic carbocycles. The van der Waals surface area contributed by atoms with Crippen molar-refractivity contribution < 1.29 is 9.90 Å². The summed E-state index contributed by atoms with van der Waals surface area (Å²) in [6.07, 6.45) is 3.97. The molecule has 1 aromatic rings. The highest BCUT2D eigenvalue weighted by Crippen LogP contribution is 2.37. The monoisotopic (exact) mass is 298 g/mol. The zero-order valence-corrected chi connectivity index (χ0v) is 12.4. The average molecular weight is 299 g/mol. The van der Waals surface area contributed by atoms with Gasteiger partial charge in [0.05, 0.1) is 12.0 Å². The summed E-state index contributed by atoms with van der Waals surface area (Å²) in [7, 11) is 0. The molecule has 20 heavy (non-hydrogen) atoms. The largest absolute Gasteiger partial charge is 0.392 e. The molecule has 1 aliphatic rings. The molecule has 1 fully saturated rings. The van der Waals surface area contributed by atoms with Crippen molar-refractivity contribution in [1.29, 1.82) is 0 Å². The minimum Gasteiger partial charge on any atom is -0.392 e. The van der Waals surface area contributed by atoms with Crippen LogP contribution in [0.5, 0.6) is 0 Å². The molecule has 0 atom stereocenters. The summed E-state index contributed by atoms with van der Waals surface area (Å²) in [4.78, 5) is 12.3. The molecule has 0 bridgehead atoms. The molecule has 2 rings (SSSR count). The highest BCUT2D eigenvalue weighted by Gasteiger charge is 2.39. The van der Waals surface area contributed by atoms with Crippen LogP contribution < -0.4 is 11.1 Å². The molecule has 0 radical (unpaired) electrons. The average Bonchev–Trinajstić information content (AvgIpc) is 2.95. The lowest BCUT2D eigenvalue weighted by atomic mass is 9.85. The molecule has 1 saturated carbocycles. The molecule has 0 spiro atoms. The minimum absolute atomic E-state index is 0. The molecule has 0 aromatic heterocycles. The van der Waals surface area contributed by atoms with Gasteiger partial charge in [0, 0.05) is 13.1 Å². The van der Waals surface area contributed by atoms with Gasteiger partial charge in [-0.05, 0) is 24.0 Å². The SMILES string of the molecule is Cl.NCC1(C(=O)NCc2cccc(CO)c2)CCCC1. The summed E-state index contributed by atoms with van der Waals surface area (Å²) in [5.41, 5.74) is 7.30. The summed E-state index contributed by atoms with van der Waals surface area (Å²) in [6.45, 7) is 0.943. The molecule has 5 heteroatoms. The fourth-order valence-electron chi connectivity index (χ4n) is 2.78. The van der Waals surface area contributed by atoms with Crippen LogP contribution in [0.4, 0.5) is 0 Å². The maximum absolute atomic E-state index is 12.3. The number of rotatable bonds is 5. The number of carbonyl (C=O) groups is 1. The van der Waals surface area contributed by atoms with Gasteiger partial charge in [-0.15, -0.1) is 12.4 Å². The Balaban J connectivity index is 0.00000200. The topological polar surface area (TPSA) is 75.4 Å². The van der Waals surface area contributed by atoms with Gasteiger partial charge in [-0.3, -0.25) is 4.79 Å². The van der Waals surface area contributed by atoms with Crippen LogP contribution >= 0.6 is 12.4 Å². The third-order valence-electron chi connectivity index (χ3n) is 4.06. The summed E-state index contributed by atoms with van der Waals surface area (Å²) < 4.78 is 0. The van der Waals surface area contributed by atoms with E-state index in [1.54, 1.807) is 0 Å². The van der Waals surface area contributed by atoms with Gasteiger partial charge in [-0.25, -0.2) is 0 Å². The van der Waals surface area contributed by atoms with Crippen LogP contribution in [-0.2, 0) is 17.9 Å². The Bertz CT molecular complexity index is 445. The van der Waals surface area contributed by atoms with E-state index in [-0.39, 0.29) is 30.3 Å². The quantitative estimate of drug-likeness (QED) is 0.775. The molecular weight excluding hydrogens is 276 g/mol. The lowest BCUT2D eigenvalue weighted by molar-refractivity contribution is -0.130. The third-order valence-corrected chi connectivity index (χ3v) is 4.06. The highest BCUT2D eigenvalue weighted by molar-refractivity contribution is 5.85. The van der Waals surface area contributed by atoms with Crippen molar-refractivity contribution in [3.8, 4) is 0 Å². The van der Waals surface area contributed by atoms with Gasteiger partial charge in [0.25, 0.3) is 0 Å². The Hall–Kier alpha value is -1.10. The Morgan fingerprint density at radius 3 is 2.55 bits per heavy atom. The van der Waals surface area contributed by atoms with Crippen molar-refractivity contribution in [3.63, 3.8) is 0 Å². The highest BCUT2D eigenvalue weighted by atomic mass is 35.5. The molecule has 0 heterocycles. The summed E-state index contributed by atoms with van der Waals surface area (Å²) >= 11 is 0. The van der Waals surface area contributed by atoms with E-state index in [4.69, 9.17) is 10.8 Å². The first-order valence-corrected chi connectivity index (χ1v) is 6.87. The number of hydrogen-bond donors (Lipinski definition) is 3. The van der Waals surface area contributed by atoms with Crippen LogP contribution in [0.25, 0.3) is 0 Å². The maximum Gasteiger partial charge on any atom is 0.227 e. The number of aliphatic hydroxyl groups is 1. The molecule has 0 aliphatic heterocycles. The predicted octanol–water partition coefficient (Wildman–Crippen LogP) is 1.74. The van der Waals surface area contributed by atoms with Gasteiger partial charge in [-0.1, -0.05) is 37.1 Å². The number of aliphatic hydroxyl groups excluding tert-OH is 1. The first kappa shape index (κ1) is 17.0. The zero-order chi connectivity index (χ0) is 13.7. The summed E-state index contributed by atoms with van der Waals surface area (Å²) in [5.74, 6) is 0.0712. The number of nitrogens with one attached hydrogen (secondary N) is 1. The van der Waals surface area contributed by atoms with Crippen LogP contribution in [0, 0.1) is 5.41 Å². The van der Waals surface area contributed by atoms with Gasteiger partial charge in [0.15, 0.2) is 0 Å². The third kappa shape index (κ3) is 3.72. The van der Waals surface area contributed by atoms with Crippen LogP contribution in [0.2, 0.25) is 0 Å². The van der Waals surface area contributed by atoms with Crippen molar-refractivity contribution in [2.75, 3.05) is 6.54 Å². The summed E-state index contributed by atoms with van der Waals surface area (Å²) in [6, 6.07) is 7.61. The van der Waals surface area contributed by atoms with E-state index >= 15 is 0 Å². The minimum atomic E-state index is -0.353. The molecule has 1 aliphatic carbocycles. The van der Waals surface area contributed by atoms with Crippen molar-refractivity contribution in [1.82, 2.24) is 5.32 Å². The molecule has 0 unspecified atom stereocenters. The fraction of sp³-hybridized carbons (Fsp3) is 0.533. The fourth-order valence-corrected chi connectivity index (χ4v) is 2.78. The van der Waals surface area contributed by atoms with E-state index in [2.05, 4.69) is 5.32 Å². The van der Waals surface area contributed by atoms with Gasteiger partial charge >= 0.3 is 0 Å². The van der Waals surface area contributed by atoms with Gasteiger partial charge in [0.2, 0.25) is 5.91 Å². The van der Waals surface area contributed by atoms with E-state index < -0.39 is 0 Å². The van der Waals surface area contributed by atoms with E-state index in [1.807, 2.05) is 24.3 Å². The molecule has 4 N–H and O–H groups in total. The van der Waals surface area contributed by atoms with Crippen molar-refractivity contribution in [3.05, 3.63) is 35.4 Å². The summed E-state index contributed by atoms with van der Waals surface area (Å²) in [5, 5.41) is 12.1. The number of halogens is 1. The molecule has 0 saturated heterocycles. The Kier molecular flexibility index (Phi) is 6.46. The molecule has 112 valence electrons. The second-order valence-electron chi connectivity index (χ2n) is 5.35. The van der Waals surface area contributed by atoms with Crippen LogP contribution in [0.15, 0.2) is 24.3 Å². The lowest BCUT2D eigenvalue weighted by Gasteiger charge is -2.25. The molecular formula is C15H23ClN2O2. The van der Waals surface area contributed by atoms with Crippen molar-refractivity contribution in [2.24, 2.45) is 11.1 Å². The number of carbonyl (C=O) groups excluding carboxylic acids is 1. The molecule has 4 nitrogen and oxygen atoms in total. The number of benzene rings is 1.